The molecule has 0 N–H and O–H groups in total. The molecular weight excluding hydrogens is 471 g/mol. The van der Waals surface area contributed by atoms with E-state index in [1.807, 2.05) is 0 Å². The number of rotatable bonds is 3. The second-order valence-electron chi connectivity index (χ2n) is 7.23. The molecule has 2 aliphatic rings. The summed E-state index contributed by atoms with van der Waals surface area (Å²) in [4.78, 5) is 28.3. The van der Waals surface area contributed by atoms with Gasteiger partial charge in [0.2, 0.25) is 0 Å². The van der Waals surface area contributed by atoms with E-state index in [2.05, 4.69) is 4.99 Å². The molecule has 2 saturated heterocycles. The number of amides is 1. The molecule has 0 unspecified atom stereocenters. The van der Waals surface area contributed by atoms with Crippen LogP contribution in [0.15, 0.2) is 53.5 Å². The number of non-ortho nitro benzene ring substituents is 1. The van der Waals surface area contributed by atoms with E-state index in [-0.39, 0.29) is 33.6 Å². The van der Waals surface area contributed by atoms with Crippen LogP contribution in [0.4, 0.5) is 24.5 Å². The van der Waals surface area contributed by atoms with Crippen LogP contribution in [-0.2, 0) is 16.0 Å². The minimum absolute atomic E-state index is 0.0470. The normalized spacial score (nSPS) is 23.3. The van der Waals surface area contributed by atoms with Gasteiger partial charge in [-0.05, 0) is 24.3 Å². The highest BCUT2D eigenvalue weighted by Gasteiger charge is 2.49. The summed E-state index contributed by atoms with van der Waals surface area (Å²) in [5.74, 6) is -1.30. The quantitative estimate of drug-likeness (QED) is 0.483. The van der Waals surface area contributed by atoms with Crippen molar-refractivity contribution in [1.82, 2.24) is 0 Å². The van der Waals surface area contributed by atoms with Gasteiger partial charge in [0.15, 0.2) is 15.0 Å². The molecule has 2 aliphatic heterocycles. The predicted molar refractivity (Wildman–Crippen MR) is 113 cm³/mol. The highest BCUT2D eigenvalue weighted by molar-refractivity contribution is 8.16. The molecule has 0 aliphatic carbocycles. The average molecular weight is 485 g/mol. The van der Waals surface area contributed by atoms with Crippen LogP contribution in [0.25, 0.3) is 0 Å². The highest BCUT2D eigenvalue weighted by atomic mass is 32.2. The van der Waals surface area contributed by atoms with Crippen LogP contribution >= 0.6 is 11.8 Å². The van der Waals surface area contributed by atoms with E-state index in [9.17, 15) is 36.5 Å². The Balaban J connectivity index is 1.75. The van der Waals surface area contributed by atoms with Crippen LogP contribution in [-0.4, -0.2) is 47.2 Å². The van der Waals surface area contributed by atoms with Crippen LogP contribution in [0.3, 0.4) is 0 Å². The lowest BCUT2D eigenvalue weighted by atomic mass is 10.1. The number of nitro benzene ring substituents is 1. The van der Waals surface area contributed by atoms with Gasteiger partial charge in [0.1, 0.15) is 0 Å². The Morgan fingerprint density at radius 2 is 1.88 bits per heavy atom. The number of aliphatic imine (C=N–C) groups is 1. The van der Waals surface area contributed by atoms with Crippen LogP contribution in [0, 0.1) is 10.1 Å². The minimum atomic E-state index is -4.61. The van der Waals surface area contributed by atoms with Crippen molar-refractivity contribution in [3.05, 3.63) is 69.8 Å². The maximum atomic E-state index is 13.2. The molecule has 168 valence electrons. The molecular formula is C19H14F3N3O5S2. The smallest absolute Gasteiger partial charge is 0.316 e. The van der Waals surface area contributed by atoms with Gasteiger partial charge in [0, 0.05) is 28.6 Å². The number of alkyl halides is 3. The van der Waals surface area contributed by atoms with Crippen molar-refractivity contribution in [3.63, 3.8) is 0 Å². The fourth-order valence-electron chi connectivity index (χ4n) is 3.60. The van der Waals surface area contributed by atoms with Crippen molar-refractivity contribution in [2.24, 2.45) is 4.99 Å². The molecule has 2 heterocycles. The maximum absolute atomic E-state index is 13.2. The van der Waals surface area contributed by atoms with Crippen LogP contribution in [0.1, 0.15) is 15.9 Å². The average Bonchev–Trinajstić information content (AvgIpc) is 3.18. The molecule has 2 fully saturated rings. The number of hydrogen-bond donors (Lipinski definition) is 0. The molecule has 0 radical (unpaired) electrons. The van der Waals surface area contributed by atoms with Crippen LogP contribution in [0.5, 0.6) is 0 Å². The first-order valence-electron chi connectivity index (χ1n) is 9.16. The third kappa shape index (κ3) is 4.35. The Morgan fingerprint density at radius 1 is 1.16 bits per heavy atom. The van der Waals surface area contributed by atoms with Crippen LogP contribution in [0.2, 0.25) is 0 Å². The number of halogens is 3. The number of anilines is 1. The van der Waals surface area contributed by atoms with E-state index >= 15 is 0 Å². The zero-order chi connectivity index (χ0) is 23.3. The zero-order valence-corrected chi connectivity index (χ0v) is 17.7. The number of fused-ring (bicyclic) bond motifs is 1. The standard InChI is InChI=1S/C19H14F3N3O5S2/c20-19(21,22)12-4-2-5-13(8-12)24-15-9-32(29,30)10-16(15)31-18(24)23-17(26)11-3-1-6-14(7-11)25(27)28/h1-8,15-16H,9-10H2/t15-,16+/m0/s1. The number of nitrogens with zero attached hydrogens (tertiary/aromatic N) is 3. The number of carbonyl (C=O) groups excluding carboxylic acids is 1. The van der Waals surface area contributed by atoms with Gasteiger partial charge in [-0.25, -0.2) is 8.42 Å². The summed E-state index contributed by atoms with van der Waals surface area (Å²) in [6.45, 7) is 0. The van der Waals surface area contributed by atoms with E-state index in [1.54, 1.807) is 0 Å². The molecule has 4 rings (SSSR count). The lowest BCUT2D eigenvalue weighted by molar-refractivity contribution is -0.384. The summed E-state index contributed by atoms with van der Waals surface area (Å²) in [6, 6.07) is 8.56. The van der Waals surface area contributed by atoms with Gasteiger partial charge < -0.3 is 4.90 Å². The predicted octanol–water partition coefficient (Wildman–Crippen LogP) is 3.53. The molecule has 13 heteroatoms. The van der Waals surface area contributed by atoms with Gasteiger partial charge in [-0.2, -0.15) is 18.2 Å². The van der Waals surface area contributed by atoms with Gasteiger partial charge >= 0.3 is 6.18 Å². The third-order valence-corrected chi connectivity index (χ3v) is 8.23. The van der Waals surface area contributed by atoms with E-state index in [1.165, 1.54) is 35.2 Å². The number of nitro groups is 1. The largest absolute Gasteiger partial charge is 0.416 e. The number of thioether (sulfide) groups is 1. The Labute approximate surface area is 184 Å². The third-order valence-electron chi connectivity index (χ3n) is 5.02. The number of sulfone groups is 1. The molecule has 32 heavy (non-hydrogen) atoms. The zero-order valence-electron chi connectivity index (χ0n) is 16.0. The molecule has 0 spiro atoms. The lowest BCUT2D eigenvalue weighted by Gasteiger charge is -2.25. The summed E-state index contributed by atoms with van der Waals surface area (Å²) in [6.07, 6.45) is -4.61. The fraction of sp³-hybridized carbons (Fsp3) is 0.263. The number of amidine groups is 1. The van der Waals surface area contributed by atoms with Gasteiger partial charge in [0.25, 0.3) is 11.6 Å². The number of hydrogen-bond acceptors (Lipinski definition) is 6. The molecule has 0 saturated carbocycles. The van der Waals surface area contributed by atoms with Gasteiger partial charge in [0.05, 0.1) is 28.0 Å². The first-order valence-corrected chi connectivity index (χ1v) is 11.9. The number of carbonyl (C=O) groups is 1. The SMILES string of the molecule is O=C(N=C1S[C@@H]2CS(=O)(=O)C[C@@H]2N1c1cccc(C(F)(F)F)c1)c1cccc([N+](=O)[O-])c1. The van der Waals surface area contributed by atoms with Gasteiger partial charge in [-0.3, -0.25) is 14.9 Å². The molecule has 1 amide bonds. The second-order valence-corrected chi connectivity index (χ2v) is 10.6. The van der Waals surface area contributed by atoms with Crippen molar-refractivity contribution in [2.75, 3.05) is 16.4 Å². The molecule has 0 bridgehead atoms. The Hall–Kier alpha value is -2.93. The van der Waals surface area contributed by atoms with Crippen LogP contribution < -0.4 is 4.90 Å². The van der Waals surface area contributed by atoms with Gasteiger partial charge in [-0.1, -0.05) is 23.9 Å². The monoisotopic (exact) mass is 485 g/mol. The minimum Gasteiger partial charge on any atom is -0.316 e. The summed E-state index contributed by atoms with van der Waals surface area (Å²) in [5.41, 5.74) is -1.25. The fourth-order valence-corrected chi connectivity index (χ4v) is 7.51. The van der Waals surface area contributed by atoms with E-state index in [0.29, 0.717) is 0 Å². The van der Waals surface area contributed by atoms with Gasteiger partial charge in [-0.15, -0.1) is 0 Å². The van der Waals surface area contributed by atoms with E-state index in [4.69, 9.17) is 0 Å². The first-order chi connectivity index (χ1) is 14.9. The number of benzene rings is 2. The Bertz CT molecular complexity index is 1250. The first kappa shape index (κ1) is 22.3. The molecule has 2 atom stereocenters. The topological polar surface area (TPSA) is 110 Å². The van der Waals surface area contributed by atoms with Crippen molar-refractivity contribution in [1.29, 1.82) is 0 Å². The van der Waals surface area contributed by atoms with E-state index < -0.39 is 43.7 Å². The van der Waals surface area contributed by atoms with Crippen molar-refractivity contribution in [3.8, 4) is 0 Å². The summed E-state index contributed by atoms with van der Waals surface area (Å²) in [7, 11) is -3.40. The van der Waals surface area contributed by atoms with Crippen molar-refractivity contribution in [2.45, 2.75) is 17.5 Å². The summed E-state index contributed by atoms with van der Waals surface area (Å²) >= 11 is 0.994. The lowest BCUT2D eigenvalue weighted by Crippen LogP contribution is -2.37. The van der Waals surface area contributed by atoms with Crippen molar-refractivity contribution >= 4 is 44.0 Å². The summed E-state index contributed by atoms with van der Waals surface area (Å²) in [5, 5.41) is 10.5. The second kappa shape index (κ2) is 7.89. The highest BCUT2D eigenvalue weighted by Crippen LogP contribution is 2.42. The molecule has 8 nitrogen and oxygen atoms in total. The summed E-state index contributed by atoms with van der Waals surface area (Å²) < 4.78 is 63.9. The Morgan fingerprint density at radius 3 is 2.56 bits per heavy atom. The maximum Gasteiger partial charge on any atom is 0.416 e. The molecule has 0 aromatic heterocycles. The molecule has 2 aromatic carbocycles. The molecule has 2 aromatic rings. The Kier molecular flexibility index (Phi) is 5.49. The van der Waals surface area contributed by atoms with Crippen molar-refractivity contribution < 1.29 is 31.3 Å². The van der Waals surface area contributed by atoms with E-state index in [0.717, 1.165) is 30.0 Å².